The lowest BCUT2D eigenvalue weighted by atomic mass is 10.1. The predicted octanol–water partition coefficient (Wildman–Crippen LogP) is 4.92. The minimum absolute atomic E-state index is 0.442. The van der Waals surface area contributed by atoms with Crippen molar-refractivity contribution in [2.45, 2.75) is 72.4 Å². The topological polar surface area (TPSA) is 15.3 Å². The fourth-order valence-corrected chi connectivity index (χ4v) is 19.8. The second-order valence-corrected chi connectivity index (χ2v) is 29.2. The van der Waals surface area contributed by atoms with Crippen LogP contribution in [0.15, 0.2) is 0 Å². The molecular weight excluding hydrogens is 398 g/mol. The molecule has 0 aromatic carbocycles. The highest BCUT2D eigenvalue weighted by molar-refractivity contribution is 7.90. The summed E-state index contributed by atoms with van der Waals surface area (Å²) in [6.07, 6.45) is 0. The molecule has 1 atom stereocenters. The molecule has 0 rings (SSSR count). The summed E-state index contributed by atoms with van der Waals surface area (Å²) in [5.41, 5.74) is -2.41. The van der Waals surface area contributed by atoms with Crippen LogP contribution in [-0.2, 0) is 0 Å². The summed E-state index contributed by atoms with van der Waals surface area (Å²) in [6, 6.07) is 0.948. The predicted molar refractivity (Wildman–Crippen MR) is 106 cm³/mol. The van der Waals surface area contributed by atoms with Crippen LogP contribution in [0.3, 0.4) is 0 Å². The summed E-state index contributed by atoms with van der Waals surface area (Å²) >= 11 is 24.8. The highest BCUT2D eigenvalue weighted by Crippen LogP contribution is 2.29. The number of rotatable bonds is 8. The number of hydrogen-bond acceptors (Lipinski definition) is 2. The summed E-state index contributed by atoms with van der Waals surface area (Å²) in [5.74, 6) is 0.521. The van der Waals surface area contributed by atoms with Crippen molar-refractivity contribution in [2.75, 3.05) is 0 Å². The maximum absolute atomic E-state index is 6.43. The standard InChI is InChI=1S/C12H29Cl4N2Si3/c1-9(2)12(18(10(3)4)11(5)6)20(7,8)17-19(13)21(14,15)16/h9-12,17H,1-8H3. The smallest absolute Gasteiger partial charge is 0.346 e. The zero-order chi connectivity index (χ0) is 17.2. The molecule has 2 nitrogen and oxygen atoms in total. The van der Waals surface area contributed by atoms with Gasteiger partial charge in [0.2, 0.25) is 0 Å². The monoisotopic (exact) mass is 425 g/mol. The molecule has 0 heterocycles. The second kappa shape index (κ2) is 8.72. The van der Waals surface area contributed by atoms with Crippen molar-refractivity contribution in [1.82, 2.24) is 9.55 Å². The normalized spacial score (nSPS) is 15.9. The van der Waals surface area contributed by atoms with Crippen molar-refractivity contribution in [1.29, 1.82) is 0 Å². The molecule has 127 valence electrons. The Hall–Kier alpha value is 1.73. The lowest BCUT2D eigenvalue weighted by Crippen LogP contribution is -2.70. The Kier molecular flexibility index (Phi) is 9.44. The molecule has 0 aromatic rings. The Bertz CT molecular complexity index is 314. The largest absolute Gasteiger partial charge is 0.357 e. The van der Waals surface area contributed by atoms with E-state index in [1.807, 2.05) is 0 Å². The Morgan fingerprint density at radius 1 is 0.905 bits per heavy atom. The van der Waals surface area contributed by atoms with Gasteiger partial charge >= 0.3 is 5.52 Å². The highest BCUT2D eigenvalue weighted by Gasteiger charge is 2.47. The molecule has 21 heavy (non-hydrogen) atoms. The van der Waals surface area contributed by atoms with Gasteiger partial charge in [-0.25, -0.2) is 0 Å². The first kappa shape index (κ1) is 22.7. The van der Waals surface area contributed by atoms with Gasteiger partial charge < -0.3 is 4.65 Å². The molecule has 0 aliphatic heterocycles. The van der Waals surface area contributed by atoms with Gasteiger partial charge in [-0.15, -0.1) is 44.3 Å². The molecule has 0 bridgehead atoms. The van der Waals surface area contributed by atoms with Crippen LogP contribution in [0.2, 0.25) is 13.1 Å². The fraction of sp³-hybridized carbons (Fsp3) is 1.00. The summed E-state index contributed by atoms with van der Waals surface area (Å²) in [4.78, 5) is 2.58. The van der Waals surface area contributed by atoms with Gasteiger partial charge in [-0.2, -0.15) is 0 Å². The summed E-state index contributed by atoms with van der Waals surface area (Å²) in [5, 5.41) is 0. The minimum atomic E-state index is -2.85. The van der Waals surface area contributed by atoms with Crippen LogP contribution in [-0.4, -0.2) is 44.2 Å². The van der Waals surface area contributed by atoms with E-state index < -0.39 is 21.5 Å². The van der Waals surface area contributed by atoms with Crippen LogP contribution in [0.25, 0.3) is 0 Å². The van der Waals surface area contributed by atoms with Crippen molar-refractivity contribution < 1.29 is 0 Å². The van der Waals surface area contributed by atoms with E-state index in [0.717, 1.165) is 0 Å². The molecule has 0 fully saturated rings. The first-order chi connectivity index (χ1) is 9.21. The average molecular weight is 427 g/mol. The van der Waals surface area contributed by atoms with Crippen LogP contribution < -0.4 is 4.65 Å². The Balaban J connectivity index is 5.43. The molecule has 0 saturated carbocycles. The Labute approximate surface area is 153 Å². The van der Waals surface area contributed by atoms with E-state index in [1.54, 1.807) is 0 Å². The average Bonchev–Trinajstić information content (AvgIpc) is 2.21. The van der Waals surface area contributed by atoms with E-state index in [0.29, 0.717) is 23.7 Å². The number of nitrogens with zero attached hydrogens (tertiary/aromatic N) is 1. The quantitative estimate of drug-likeness (QED) is 0.437. The van der Waals surface area contributed by atoms with E-state index in [9.17, 15) is 0 Å². The van der Waals surface area contributed by atoms with Gasteiger partial charge in [-0.1, -0.05) is 26.9 Å². The SMILES string of the molecule is CC(C)C(N(C(C)C)C(C)C)[Si](C)(C)N[Si](Cl)[Si](Cl)(Cl)Cl. The second-order valence-electron chi connectivity index (χ2n) is 6.98. The van der Waals surface area contributed by atoms with Gasteiger partial charge in [0.05, 0.1) is 0 Å². The molecule has 1 unspecified atom stereocenters. The van der Waals surface area contributed by atoms with E-state index in [2.05, 4.69) is 64.2 Å². The molecule has 0 aromatic heterocycles. The van der Waals surface area contributed by atoms with E-state index in [4.69, 9.17) is 44.3 Å². The van der Waals surface area contributed by atoms with Crippen LogP contribution in [0.1, 0.15) is 41.5 Å². The molecular formula is C12H29Cl4N2Si3. The van der Waals surface area contributed by atoms with Gasteiger partial charge in [0.15, 0.2) is 0 Å². The van der Waals surface area contributed by atoms with Gasteiger partial charge in [-0.3, -0.25) is 4.90 Å². The first-order valence-corrected chi connectivity index (χ1v) is 19.0. The van der Waals surface area contributed by atoms with Gasteiger partial charge in [0.25, 0.3) is 7.79 Å². The van der Waals surface area contributed by atoms with Crippen molar-refractivity contribution in [3.05, 3.63) is 0 Å². The van der Waals surface area contributed by atoms with E-state index in [1.165, 1.54) is 0 Å². The molecule has 1 radical (unpaired) electrons. The van der Waals surface area contributed by atoms with Gasteiger partial charge in [0, 0.05) is 17.7 Å². The number of hydrogen-bond donors (Lipinski definition) is 1. The number of nitrogens with one attached hydrogen (secondary N) is 1. The zero-order valence-electron chi connectivity index (χ0n) is 14.3. The van der Waals surface area contributed by atoms with Crippen molar-refractivity contribution >= 4 is 65.9 Å². The third-order valence-electron chi connectivity index (χ3n) is 3.57. The summed E-state index contributed by atoms with van der Waals surface area (Å²) < 4.78 is 3.60. The third kappa shape index (κ3) is 7.01. The maximum Gasteiger partial charge on any atom is 0.357 e. The molecule has 0 spiro atoms. The zero-order valence-corrected chi connectivity index (χ0v) is 20.3. The van der Waals surface area contributed by atoms with Crippen LogP contribution in [0.4, 0.5) is 0 Å². The van der Waals surface area contributed by atoms with Crippen molar-refractivity contribution in [2.24, 2.45) is 5.92 Å². The lowest BCUT2D eigenvalue weighted by Gasteiger charge is -2.48. The highest BCUT2D eigenvalue weighted by atomic mass is 35.9. The number of halogens is 4. The van der Waals surface area contributed by atoms with Gasteiger partial charge in [0.1, 0.15) is 8.24 Å². The minimum Gasteiger partial charge on any atom is -0.346 e. The Morgan fingerprint density at radius 2 is 1.29 bits per heavy atom. The van der Waals surface area contributed by atoms with Crippen LogP contribution >= 0.6 is 44.3 Å². The van der Waals surface area contributed by atoms with Crippen LogP contribution in [0, 0.1) is 5.92 Å². The molecule has 0 saturated heterocycles. The summed E-state index contributed by atoms with van der Waals surface area (Å²) in [6.45, 7) is 18.1. The third-order valence-corrected chi connectivity index (χ3v) is 23.7. The molecule has 0 aliphatic rings. The van der Waals surface area contributed by atoms with E-state index >= 15 is 0 Å². The van der Waals surface area contributed by atoms with Crippen LogP contribution in [0.5, 0.6) is 0 Å². The molecule has 0 aliphatic carbocycles. The van der Waals surface area contributed by atoms with E-state index in [-0.39, 0.29) is 0 Å². The first-order valence-electron chi connectivity index (χ1n) is 7.37. The van der Waals surface area contributed by atoms with Crippen molar-refractivity contribution in [3.8, 4) is 0 Å². The fourth-order valence-electron chi connectivity index (χ4n) is 3.22. The summed E-state index contributed by atoms with van der Waals surface area (Å²) in [7, 11) is -3.52. The Morgan fingerprint density at radius 3 is 1.52 bits per heavy atom. The maximum atomic E-state index is 6.43. The molecule has 1 N–H and O–H groups in total. The van der Waals surface area contributed by atoms with Crippen molar-refractivity contribution in [3.63, 3.8) is 0 Å². The molecule has 0 amide bonds. The van der Waals surface area contributed by atoms with Gasteiger partial charge in [-0.05, 0) is 33.6 Å². The lowest BCUT2D eigenvalue weighted by molar-refractivity contribution is 0.122. The molecule has 9 heteroatoms.